The first-order valence-corrected chi connectivity index (χ1v) is 9.90. The molecule has 0 saturated heterocycles. The van der Waals surface area contributed by atoms with Crippen molar-refractivity contribution in [3.63, 3.8) is 0 Å². The van der Waals surface area contributed by atoms with Crippen LogP contribution >= 0.6 is 0 Å². The number of hydrogen-bond acceptors (Lipinski definition) is 4. The topological polar surface area (TPSA) is 89.4 Å². The zero-order valence-corrected chi connectivity index (χ0v) is 18.0. The summed E-state index contributed by atoms with van der Waals surface area (Å²) >= 11 is 0. The van der Waals surface area contributed by atoms with E-state index in [2.05, 4.69) is 5.32 Å². The maximum atomic E-state index is 13.6. The van der Waals surface area contributed by atoms with Gasteiger partial charge in [0.05, 0.1) is 17.8 Å². The van der Waals surface area contributed by atoms with Crippen molar-refractivity contribution in [2.45, 2.75) is 13.8 Å². The van der Waals surface area contributed by atoms with Crippen LogP contribution < -0.4 is 10.6 Å². The second-order valence-corrected chi connectivity index (χ2v) is 7.22. The molecule has 0 atom stereocenters. The Bertz CT molecular complexity index is 1260. The van der Waals surface area contributed by atoms with Gasteiger partial charge in [-0.2, -0.15) is 0 Å². The molecule has 0 aliphatic carbocycles. The number of aryl methyl sites for hydroxylation is 1. The summed E-state index contributed by atoms with van der Waals surface area (Å²) in [5.74, 6) is -7.65. The van der Waals surface area contributed by atoms with Crippen LogP contribution in [0.3, 0.4) is 0 Å². The van der Waals surface area contributed by atoms with Gasteiger partial charge in [-0.3, -0.25) is 9.59 Å². The van der Waals surface area contributed by atoms with E-state index in [1.807, 2.05) is 5.32 Å². The fourth-order valence-corrected chi connectivity index (χ4v) is 3.21. The lowest BCUT2D eigenvalue weighted by Gasteiger charge is -2.10. The first-order valence-electron chi connectivity index (χ1n) is 9.90. The molecule has 3 rings (SSSR count). The number of hydrogen-bond donors (Lipinski definition) is 2. The standard InChI is InChI=1S/C23H19F4N3O4/c1-12-9-16(13(2)30(12)15-5-3-14(24)4-6-15)23(33)34-11-20(32)28-10-19(31)29-18-8-7-17(25)21(26)22(18)27/h3-9H,10-11H2,1-2H3,(H,28,32)(H,29,31). The molecule has 1 heterocycles. The van der Waals surface area contributed by atoms with Crippen molar-refractivity contribution in [1.29, 1.82) is 0 Å². The molecule has 178 valence electrons. The molecule has 2 amide bonds. The molecule has 1 aromatic heterocycles. The molecule has 2 aromatic carbocycles. The highest BCUT2D eigenvalue weighted by Gasteiger charge is 2.20. The van der Waals surface area contributed by atoms with Crippen molar-refractivity contribution >= 4 is 23.5 Å². The second kappa shape index (κ2) is 10.2. The molecule has 0 aliphatic rings. The van der Waals surface area contributed by atoms with Gasteiger partial charge in [-0.1, -0.05) is 0 Å². The maximum absolute atomic E-state index is 13.6. The normalized spacial score (nSPS) is 10.6. The van der Waals surface area contributed by atoms with E-state index in [0.29, 0.717) is 23.1 Å². The molecule has 34 heavy (non-hydrogen) atoms. The number of anilines is 1. The van der Waals surface area contributed by atoms with Crippen molar-refractivity contribution in [2.75, 3.05) is 18.5 Å². The molecule has 0 spiro atoms. The van der Waals surface area contributed by atoms with Crippen LogP contribution in [0.1, 0.15) is 21.7 Å². The van der Waals surface area contributed by atoms with Gasteiger partial charge >= 0.3 is 5.97 Å². The Balaban J connectivity index is 1.54. The Morgan fingerprint density at radius 2 is 1.59 bits per heavy atom. The monoisotopic (exact) mass is 477 g/mol. The van der Waals surface area contributed by atoms with Crippen LogP contribution in [0.2, 0.25) is 0 Å². The molecule has 0 saturated carbocycles. The minimum Gasteiger partial charge on any atom is -0.452 e. The van der Waals surface area contributed by atoms with E-state index in [1.165, 1.54) is 12.1 Å². The zero-order valence-electron chi connectivity index (χ0n) is 18.0. The van der Waals surface area contributed by atoms with Crippen LogP contribution in [0.15, 0.2) is 42.5 Å². The predicted molar refractivity (Wildman–Crippen MR) is 113 cm³/mol. The van der Waals surface area contributed by atoms with Gasteiger partial charge in [0.1, 0.15) is 5.82 Å². The summed E-state index contributed by atoms with van der Waals surface area (Å²) in [6.45, 7) is 2.07. The van der Waals surface area contributed by atoms with Gasteiger partial charge in [-0.25, -0.2) is 22.4 Å². The van der Waals surface area contributed by atoms with Crippen LogP contribution in [0.5, 0.6) is 0 Å². The highest BCUT2D eigenvalue weighted by molar-refractivity contribution is 5.96. The van der Waals surface area contributed by atoms with E-state index in [0.717, 1.165) is 6.07 Å². The number of carbonyl (C=O) groups excluding carboxylic acids is 3. The van der Waals surface area contributed by atoms with Gasteiger partial charge in [0, 0.05) is 17.1 Å². The molecule has 0 unspecified atom stereocenters. The molecule has 0 fully saturated rings. The second-order valence-electron chi connectivity index (χ2n) is 7.22. The molecular weight excluding hydrogens is 458 g/mol. The van der Waals surface area contributed by atoms with Gasteiger partial charge in [0.25, 0.3) is 5.91 Å². The summed E-state index contributed by atoms with van der Waals surface area (Å²) < 4.78 is 59.6. The number of aromatic nitrogens is 1. The van der Waals surface area contributed by atoms with Crippen LogP contribution in [-0.4, -0.2) is 35.5 Å². The molecule has 11 heteroatoms. The van der Waals surface area contributed by atoms with E-state index < -0.39 is 59.9 Å². The first kappa shape index (κ1) is 24.5. The lowest BCUT2D eigenvalue weighted by atomic mass is 10.2. The summed E-state index contributed by atoms with van der Waals surface area (Å²) in [6.07, 6.45) is 0. The predicted octanol–water partition coefficient (Wildman–Crippen LogP) is 3.56. The summed E-state index contributed by atoms with van der Waals surface area (Å²) in [5, 5.41) is 4.15. The molecule has 3 aromatic rings. The van der Waals surface area contributed by atoms with Gasteiger partial charge in [0.15, 0.2) is 24.1 Å². The van der Waals surface area contributed by atoms with Crippen LogP contribution in [0.25, 0.3) is 5.69 Å². The van der Waals surface area contributed by atoms with Crippen molar-refractivity contribution in [3.05, 3.63) is 82.7 Å². The third-order valence-electron chi connectivity index (χ3n) is 4.83. The summed E-state index contributed by atoms with van der Waals surface area (Å²) in [5.41, 5.74) is 1.43. The van der Waals surface area contributed by atoms with Crippen molar-refractivity contribution in [3.8, 4) is 5.69 Å². The summed E-state index contributed by atoms with van der Waals surface area (Å²) in [6, 6.07) is 8.70. The number of halogens is 4. The number of carbonyl (C=O) groups is 3. The number of rotatable bonds is 7. The van der Waals surface area contributed by atoms with Crippen molar-refractivity contribution < 1.29 is 36.7 Å². The minimum absolute atomic E-state index is 0.196. The highest BCUT2D eigenvalue weighted by Crippen LogP contribution is 2.22. The molecule has 0 aliphatic heterocycles. The Kier molecular flexibility index (Phi) is 7.34. The molecular formula is C23H19F4N3O4. The van der Waals surface area contributed by atoms with Crippen molar-refractivity contribution in [2.24, 2.45) is 0 Å². The SMILES string of the molecule is Cc1cc(C(=O)OCC(=O)NCC(=O)Nc2ccc(F)c(F)c2F)c(C)n1-c1ccc(F)cc1. The fraction of sp³-hybridized carbons (Fsp3) is 0.174. The zero-order chi connectivity index (χ0) is 25.0. The third kappa shape index (κ3) is 5.42. The van der Waals surface area contributed by atoms with Crippen LogP contribution in [0, 0.1) is 37.1 Å². The Morgan fingerprint density at radius 1 is 0.912 bits per heavy atom. The summed E-state index contributed by atoms with van der Waals surface area (Å²) in [7, 11) is 0. The van der Waals surface area contributed by atoms with Gasteiger partial charge < -0.3 is 19.9 Å². The molecule has 0 radical (unpaired) electrons. The number of amides is 2. The molecule has 0 bridgehead atoms. The van der Waals surface area contributed by atoms with Gasteiger partial charge in [-0.05, 0) is 56.3 Å². The first-order chi connectivity index (χ1) is 16.1. The van der Waals surface area contributed by atoms with Crippen molar-refractivity contribution in [1.82, 2.24) is 9.88 Å². The Morgan fingerprint density at radius 3 is 2.26 bits per heavy atom. The average molecular weight is 477 g/mol. The fourth-order valence-electron chi connectivity index (χ4n) is 3.21. The van der Waals surface area contributed by atoms with Gasteiger partial charge in [-0.15, -0.1) is 0 Å². The Labute approximate surface area is 191 Å². The lowest BCUT2D eigenvalue weighted by Crippen LogP contribution is -2.35. The largest absolute Gasteiger partial charge is 0.452 e. The number of nitrogens with zero attached hydrogens (tertiary/aromatic N) is 1. The number of benzene rings is 2. The smallest absolute Gasteiger partial charge is 0.340 e. The number of nitrogens with one attached hydrogen (secondary N) is 2. The van der Waals surface area contributed by atoms with E-state index in [-0.39, 0.29) is 5.56 Å². The van der Waals surface area contributed by atoms with E-state index in [1.54, 1.807) is 36.6 Å². The average Bonchev–Trinajstić information content (AvgIpc) is 3.11. The maximum Gasteiger partial charge on any atom is 0.340 e. The molecule has 2 N–H and O–H groups in total. The van der Waals surface area contributed by atoms with E-state index >= 15 is 0 Å². The summed E-state index contributed by atoms with van der Waals surface area (Å²) in [4.78, 5) is 36.2. The Hall–Kier alpha value is -4.15. The number of esters is 1. The van der Waals surface area contributed by atoms with Crippen LogP contribution in [0.4, 0.5) is 23.2 Å². The number of ether oxygens (including phenoxy) is 1. The third-order valence-corrected chi connectivity index (χ3v) is 4.83. The van der Waals surface area contributed by atoms with E-state index in [4.69, 9.17) is 4.74 Å². The van der Waals surface area contributed by atoms with E-state index in [9.17, 15) is 31.9 Å². The van der Waals surface area contributed by atoms with Gasteiger partial charge in [0.2, 0.25) is 5.91 Å². The quantitative estimate of drug-likeness (QED) is 0.309. The minimum atomic E-state index is -1.74. The van der Waals surface area contributed by atoms with Crippen LogP contribution in [-0.2, 0) is 14.3 Å². The molecule has 7 nitrogen and oxygen atoms in total. The lowest BCUT2D eigenvalue weighted by molar-refractivity contribution is -0.126. The highest BCUT2D eigenvalue weighted by atomic mass is 19.2.